The lowest BCUT2D eigenvalue weighted by Gasteiger charge is -2.23. The highest BCUT2D eigenvalue weighted by Crippen LogP contribution is 2.32. The number of hydrogen-bond acceptors (Lipinski definition) is 2. The number of anilines is 1. The van der Waals surface area contributed by atoms with Crippen molar-refractivity contribution in [1.82, 2.24) is 9.88 Å². The summed E-state index contributed by atoms with van der Waals surface area (Å²) in [6, 6.07) is 36.4. The molecule has 0 radical (unpaired) electrons. The minimum absolute atomic E-state index is 0.0524. The summed E-state index contributed by atoms with van der Waals surface area (Å²) >= 11 is 0. The molecule has 2 heterocycles. The monoisotopic (exact) mass is 553 g/mol. The van der Waals surface area contributed by atoms with Crippen molar-refractivity contribution in [2.24, 2.45) is 0 Å². The third kappa shape index (κ3) is 5.51. The first-order valence-corrected chi connectivity index (χ1v) is 14.6. The van der Waals surface area contributed by atoms with Crippen molar-refractivity contribution >= 4 is 17.5 Å². The summed E-state index contributed by atoms with van der Waals surface area (Å²) in [4.78, 5) is 29.2. The zero-order chi connectivity index (χ0) is 29.1. The van der Waals surface area contributed by atoms with E-state index in [4.69, 9.17) is 0 Å². The maximum Gasteiger partial charge on any atom is 0.267 e. The van der Waals surface area contributed by atoms with Gasteiger partial charge in [-0.3, -0.25) is 9.59 Å². The summed E-state index contributed by atoms with van der Waals surface area (Å²) in [7, 11) is 0. The van der Waals surface area contributed by atoms with E-state index in [-0.39, 0.29) is 11.8 Å². The Labute approximate surface area is 247 Å². The van der Waals surface area contributed by atoms with E-state index >= 15 is 0 Å². The normalized spacial score (nSPS) is 12.3. The van der Waals surface area contributed by atoms with E-state index < -0.39 is 0 Å². The highest BCUT2D eigenvalue weighted by Gasteiger charge is 2.27. The molecule has 210 valence electrons. The van der Waals surface area contributed by atoms with Gasteiger partial charge in [0.15, 0.2) is 0 Å². The first-order valence-electron chi connectivity index (χ1n) is 14.6. The van der Waals surface area contributed by atoms with Crippen LogP contribution >= 0.6 is 0 Å². The summed E-state index contributed by atoms with van der Waals surface area (Å²) < 4.78 is 2.05. The van der Waals surface area contributed by atoms with Crippen LogP contribution in [-0.4, -0.2) is 22.9 Å². The lowest BCUT2D eigenvalue weighted by Crippen LogP contribution is -2.31. The number of benzene rings is 4. The van der Waals surface area contributed by atoms with Gasteiger partial charge in [-0.05, 0) is 90.4 Å². The molecular formula is C37H35N3O2. The van der Waals surface area contributed by atoms with E-state index in [1.807, 2.05) is 88.3 Å². The Hall–Kier alpha value is -4.90. The third-order valence-electron chi connectivity index (χ3n) is 8.16. The Balaban J connectivity index is 1.23. The Kier molecular flexibility index (Phi) is 7.74. The second-order valence-corrected chi connectivity index (χ2v) is 11.0. The topological polar surface area (TPSA) is 54.3 Å². The van der Waals surface area contributed by atoms with E-state index in [9.17, 15) is 9.59 Å². The number of rotatable bonds is 7. The van der Waals surface area contributed by atoms with Gasteiger partial charge in [0, 0.05) is 23.5 Å². The van der Waals surface area contributed by atoms with Gasteiger partial charge in [0.1, 0.15) is 5.69 Å². The van der Waals surface area contributed by atoms with Gasteiger partial charge in [-0.2, -0.15) is 0 Å². The van der Waals surface area contributed by atoms with Crippen molar-refractivity contribution < 1.29 is 9.59 Å². The minimum Gasteiger partial charge on any atom is -0.351 e. The zero-order valence-corrected chi connectivity index (χ0v) is 24.1. The lowest BCUT2D eigenvalue weighted by atomic mass is 9.95. The molecule has 0 unspecified atom stereocenters. The van der Waals surface area contributed by atoms with Crippen LogP contribution in [-0.2, 0) is 19.5 Å². The first-order chi connectivity index (χ1) is 20.5. The second kappa shape index (κ2) is 11.9. The molecule has 2 amide bonds. The molecule has 0 bridgehead atoms. The number of carbonyl (C=O) groups excluding carboxylic acids is 2. The van der Waals surface area contributed by atoms with Crippen LogP contribution < -0.4 is 10.2 Å². The fourth-order valence-corrected chi connectivity index (χ4v) is 5.90. The molecule has 1 aromatic heterocycles. The largest absolute Gasteiger partial charge is 0.351 e. The van der Waals surface area contributed by atoms with Gasteiger partial charge in [-0.15, -0.1) is 0 Å². The van der Waals surface area contributed by atoms with Crippen LogP contribution in [0, 0.1) is 13.8 Å². The number of nitrogens with one attached hydrogen (secondary N) is 1. The number of fused-ring (bicyclic) bond motifs is 2. The van der Waals surface area contributed by atoms with Crippen LogP contribution in [0.4, 0.5) is 5.69 Å². The van der Waals surface area contributed by atoms with Gasteiger partial charge in [0.05, 0.1) is 13.1 Å². The summed E-state index contributed by atoms with van der Waals surface area (Å²) in [5.41, 5.74) is 9.93. The van der Waals surface area contributed by atoms with E-state index in [0.29, 0.717) is 30.9 Å². The highest BCUT2D eigenvalue weighted by molar-refractivity contribution is 6.07. The number of amides is 2. The Morgan fingerprint density at radius 1 is 0.738 bits per heavy atom. The predicted molar refractivity (Wildman–Crippen MR) is 169 cm³/mol. The molecule has 0 saturated heterocycles. The maximum absolute atomic E-state index is 14.1. The number of hydrogen-bond donors (Lipinski definition) is 1. The maximum atomic E-state index is 14.1. The van der Waals surface area contributed by atoms with Gasteiger partial charge >= 0.3 is 0 Å². The molecule has 5 aromatic rings. The molecule has 4 aromatic carbocycles. The van der Waals surface area contributed by atoms with Crippen molar-refractivity contribution in [3.8, 4) is 11.1 Å². The van der Waals surface area contributed by atoms with E-state index in [2.05, 4.69) is 49.5 Å². The quantitative estimate of drug-likeness (QED) is 0.214. The molecule has 1 N–H and O–H groups in total. The number of aryl methyl sites for hydroxylation is 3. The fourth-order valence-electron chi connectivity index (χ4n) is 5.90. The fraction of sp³-hybridized carbons (Fsp3) is 0.189. The second-order valence-electron chi connectivity index (χ2n) is 11.0. The van der Waals surface area contributed by atoms with Crippen LogP contribution in [0.3, 0.4) is 0 Å². The molecular weight excluding hydrogens is 518 g/mol. The molecule has 0 fully saturated rings. The molecule has 42 heavy (non-hydrogen) atoms. The van der Waals surface area contributed by atoms with Gasteiger partial charge in [0.25, 0.3) is 11.8 Å². The van der Waals surface area contributed by atoms with Gasteiger partial charge < -0.3 is 14.8 Å². The Bertz CT molecular complexity index is 1750. The van der Waals surface area contributed by atoms with Gasteiger partial charge in [-0.1, -0.05) is 78.9 Å². The highest BCUT2D eigenvalue weighted by atomic mass is 16.2. The first kappa shape index (κ1) is 27.3. The van der Waals surface area contributed by atoms with Crippen LogP contribution in [0.2, 0.25) is 0 Å². The third-order valence-corrected chi connectivity index (χ3v) is 8.16. The van der Waals surface area contributed by atoms with Crippen molar-refractivity contribution in [3.63, 3.8) is 0 Å². The molecule has 5 nitrogen and oxygen atoms in total. The molecule has 0 spiro atoms. The van der Waals surface area contributed by atoms with Crippen LogP contribution in [0.25, 0.3) is 11.1 Å². The molecule has 0 saturated carbocycles. The number of aromatic nitrogens is 1. The number of para-hydroxylation sites is 1. The minimum atomic E-state index is -0.0889. The predicted octanol–water partition coefficient (Wildman–Crippen LogP) is 7.34. The molecule has 6 rings (SSSR count). The lowest BCUT2D eigenvalue weighted by molar-refractivity contribution is 0.0943. The standard InChI is InChI=1S/C37H35N3O2/c1-26-11-6-8-16-32(26)33-20-18-29(23-27(33)2)37(42)40-25-31-19-21-35(39(31)24-30-15-7-9-17-34(30)40)36(41)38-22-10-14-28-12-4-3-5-13-28/h3-9,11-13,15-21,23H,10,14,22,24-25H2,1-2H3,(H,38,41). The van der Waals surface area contributed by atoms with E-state index in [1.165, 1.54) is 16.7 Å². The van der Waals surface area contributed by atoms with Crippen LogP contribution in [0.15, 0.2) is 109 Å². The molecule has 1 aliphatic rings. The van der Waals surface area contributed by atoms with Crippen molar-refractivity contribution in [2.75, 3.05) is 11.4 Å². The number of nitrogens with zero attached hydrogens (tertiary/aromatic N) is 2. The van der Waals surface area contributed by atoms with Crippen LogP contribution in [0.1, 0.15) is 55.2 Å². The summed E-state index contributed by atoms with van der Waals surface area (Å²) in [6.45, 7) is 5.69. The Morgan fingerprint density at radius 3 is 2.29 bits per heavy atom. The summed E-state index contributed by atoms with van der Waals surface area (Å²) in [5, 5.41) is 3.10. The van der Waals surface area contributed by atoms with Gasteiger partial charge in [0.2, 0.25) is 0 Å². The Morgan fingerprint density at radius 2 is 1.48 bits per heavy atom. The average molecular weight is 554 g/mol. The molecule has 0 aliphatic carbocycles. The SMILES string of the molecule is Cc1ccccc1-c1ccc(C(=O)N2Cc3ccc(C(=O)NCCCc4ccccc4)n3Cc3ccccc32)cc1C. The van der Waals surface area contributed by atoms with Crippen molar-refractivity contribution in [1.29, 1.82) is 0 Å². The molecule has 1 aliphatic heterocycles. The smallest absolute Gasteiger partial charge is 0.267 e. The average Bonchev–Trinajstić information content (AvgIpc) is 3.33. The number of carbonyl (C=O) groups is 2. The zero-order valence-electron chi connectivity index (χ0n) is 24.1. The summed E-state index contributed by atoms with van der Waals surface area (Å²) in [6.07, 6.45) is 1.79. The van der Waals surface area contributed by atoms with Crippen LogP contribution in [0.5, 0.6) is 0 Å². The van der Waals surface area contributed by atoms with E-state index in [0.717, 1.165) is 40.9 Å². The van der Waals surface area contributed by atoms with Crippen molar-refractivity contribution in [2.45, 2.75) is 39.8 Å². The summed E-state index contributed by atoms with van der Waals surface area (Å²) in [5.74, 6) is -0.141. The molecule has 5 heteroatoms. The van der Waals surface area contributed by atoms with Gasteiger partial charge in [-0.25, -0.2) is 0 Å². The van der Waals surface area contributed by atoms with E-state index in [1.54, 1.807) is 0 Å². The van der Waals surface area contributed by atoms with Crippen molar-refractivity contribution in [3.05, 3.63) is 148 Å². The molecule has 0 atom stereocenters.